The first-order valence-corrected chi connectivity index (χ1v) is 8.22. The Hall–Kier alpha value is -0.930. The first-order valence-electron chi connectivity index (χ1n) is 8.22. The molecule has 1 aromatic rings. The van der Waals surface area contributed by atoms with Gasteiger partial charge in [0.25, 0.3) is 0 Å². The molecule has 0 radical (unpaired) electrons. The maximum Gasteiger partial charge on any atom is 0.123 e. The minimum Gasteiger partial charge on any atom is -0.378 e. The topological polar surface area (TPSA) is 21.3 Å². The number of ether oxygens (including phenoxy) is 1. The zero-order valence-electron chi connectivity index (χ0n) is 13.5. The third-order valence-electron chi connectivity index (χ3n) is 4.48. The summed E-state index contributed by atoms with van der Waals surface area (Å²) >= 11 is 0. The second kappa shape index (κ2) is 7.90. The van der Waals surface area contributed by atoms with Crippen molar-refractivity contribution in [1.29, 1.82) is 0 Å². The van der Waals surface area contributed by atoms with Crippen molar-refractivity contribution in [2.45, 2.75) is 58.6 Å². The van der Waals surface area contributed by atoms with Crippen LogP contribution in [0.5, 0.6) is 0 Å². The van der Waals surface area contributed by atoms with Crippen molar-refractivity contribution in [2.75, 3.05) is 13.2 Å². The largest absolute Gasteiger partial charge is 0.378 e. The van der Waals surface area contributed by atoms with Crippen LogP contribution in [0, 0.1) is 18.7 Å². The van der Waals surface area contributed by atoms with E-state index in [0.29, 0.717) is 12.1 Å². The van der Waals surface area contributed by atoms with E-state index in [-0.39, 0.29) is 5.82 Å². The van der Waals surface area contributed by atoms with Gasteiger partial charge in [-0.1, -0.05) is 13.0 Å². The van der Waals surface area contributed by atoms with Crippen LogP contribution in [0.4, 0.5) is 4.39 Å². The van der Waals surface area contributed by atoms with Gasteiger partial charge in [0.2, 0.25) is 0 Å². The number of rotatable bonds is 8. The lowest BCUT2D eigenvalue weighted by atomic mass is 9.77. The lowest BCUT2D eigenvalue weighted by Crippen LogP contribution is -2.39. The minimum absolute atomic E-state index is 0.133. The number of hydrogen-bond acceptors (Lipinski definition) is 2. The van der Waals surface area contributed by atoms with E-state index in [4.69, 9.17) is 4.74 Å². The fourth-order valence-electron chi connectivity index (χ4n) is 3.29. The zero-order chi connectivity index (χ0) is 15.2. The Morgan fingerprint density at radius 3 is 2.76 bits per heavy atom. The molecule has 0 spiro atoms. The van der Waals surface area contributed by atoms with E-state index in [1.807, 2.05) is 6.07 Å². The summed E-state index contributed by atoms with van der Waals surface area (Å²) in [4.78, 5) is 0. The predicted molar refractivity (Wildman–Crippen MR) is 85.1 cm³/mol. The highest BCUT2D eigenvalue weighted by molar-refractivity contribution is 5.27. The summed E-state index contributed by atoms with van der Waals surface area (Å²) in [7, 11) is 0. The van der Waals surface area contributed by atoms with Crippen LogP contribution in [-0.2, 0) is 11.2 Å². The summed E-state index contributed by atoms with van der Waals surface area (Å²) in [6, 6.07) is 5.54. The molecule has 1 N–H and O–H groups in total. The van der Waals surface area contributed by atoms with Gasteiger partial charge in [0.05, 0.1) is 6.10 Å². The summed E-state index contributed by atoms with van der Waals surface area (Å²) in [6.07, 6.45) is 4.90. The molecule has 0 aliphatic heterocycles. The van der Waals surface area contributed by atoms with Crippen LogP contribution in [0.25, 0.3) is 0 Å². The number of benzene rings is 1. The minimum atomic E-state index is -0.133. The Balaban J connectivity index is 1.89. The van der Waals surface area contributed by atoms with Crippen molar-refractivity contribution < 1.29 is 9.13 Å². The number of aryl methyl sites for hydroxylation is 1. The molecule has 0 aromatic heterocycles. The van der Waals surface area contributed by atoms with Gasteiger partial charge in [-0.05, 0) is 75.3 Å². The number of hydrogen-bond donors (Lipinski definition) is 1. The quantitative estimate of drug-likeness (QED) is 0.786. The van der Waals surface area contributed by atoms with Crippen LogP contribution in [-0.4, -0.2) is 25.3 Å². The lowest BCUT2D eigenvalue weighted by Gasteiger charge is -2.37. The lowest BCUT2D eigenvalue weighted by molar-refractivity contribution is -0.0289. The van der Waals surface area contributed by atoms with E-state index < -0.39 is 0 Å². The maximum absolute atomic E-state index is 13.4. The Kier molecular flexibility index (Phi) is 6.19. The van der Waals surface area contributed by atoms with Gasteiger partial charge in [0, 0.05) is 12.6 Å². The van der Waals surface area contributed by atoms with Gasteiger partial charge in [-0.25, -0.2) is 4.39 Å². The molecular formula is C18H28FNO. The predicted octanol–water partition coefficient (Wildman–Crippen LogP) is 3.86. The fourth-order valence-corrected chi connectivity index (χ4v) is 3.29. The third-order valence-corrected chi connectivity index (χ3v) is 4.48. The fraction of sp³-hybridized carbons (Fsp3) is 0.667. The smallest absolute Gasteiger partial charge is 0.123 e. The van der Waals surface area contributed by atoms with Crippen molar-refractivity contribution in [1.82, 2.24) is 5.32 Å². The molecule has 2 rings (SSSR count). The van der Waals surface area contributed by atoms with E-state index in [1.54, 1.807) is 12.1 Å². The van der Waals surface area contributed by atoms with Crippen LogP contribution in [0.1, 0.15) is 44.2 Å². The SMILES string of the molecule is CCNC(Cc1cc(F)ccc1C)CC1CC(OCC)C1. The Bertz CT molecular complexity index is 443. The van der Waals surface area contributed by atoms with Crippen LogP contribution in [0.15, 0.2) is 18.2 Å². The number of halogens is 1. The third kappa shape index (κ3) is 4.79. The molecule has 3 heteroatoms. The average molecular weight is 293 g/mol. The zero-order valence-corrected chi connectivity index (χ0v) is 13.5. The van der Waals surface area contributed by atoms with E-state index in [2.05, 4.69) is 26.1 Å². The van der Waals surface area contributed by atoms with Gasteiger partial charge in [0.1, 0.15) is 5.82 Å². The van der Waals surface area contributed by atoms with Crippen molar-refractivity contribution in [3.8, 4) is 0 Å². The van der Waals surface area contributed by atoms with Gasteiger partial charge in [0.15, 0.2) is 0 Å². The van der Waals surface area contributed by atoms with E-state index >= 15 is 0 Å². The Morgan fingerprint density at radius 2 is 2.10 bits per heavy atom. The molecule has 118 valence electrons. The highest BCUT2D eigenvalue weighted by atomic mass is 19.1. The second-order valence-electron chi connectivity index (χ2n) is 6.18. The molecule has 1 saturated carbocycles. The van der Waals surface area contributed by atoms with Crippen molar-refractivity contribution in [3.05, 3.63) is 35.1 Å². The Morgan fingerprint density at radius 1 is 1.33 bits per heavy atom. The molecule has 0 heterocycles. The Labute approximate surface area is 128 Å². The number of likely N-dealkylation sites (N-methyl/N-ethyl adjacent to an activating group) is 1. The van der Waals surface area contributed by atoms with Crippen molar-refractivity contribution >= 4 is 0 Å². The van der Waals surface area contributed by atoms with Gasteiger partial charge < -0.3 is 10.1 Å². The molecule has 1 atom stereocenters. The van der Waals surface area contributed by atoms with Crippen LogP contribution < -0.4 is 5.32 Å². The highest BCUT2D eigenvalue weighted by Crippen LogP contribution is 2.34. The van der Waals surface area contributed by atoms with Gasteiger partial charge in [-0.3, -0.25) is 0 Å². The van der Waals surface area contributed by atoms with Crippen molar-refractivity contribution in [2.24, 2.45) is 5.92 Å². The molecule has 0 saturated heterocycles. The van der Waals surface area contributed by atoms with E-state index in [1.165, 1.54) is 18.4 Å². The van der Waals surface area contributed by atoms with Crippen molar-refractivity contribution in [3.63, 3.8) is 0 Å². The normalized spacial score (nSPS) is 22.9. The molecule has 0 amide bonds. The van der Waals surface area contributed by atoms with Crippen LogP contribution >= 0.6 is 0 Å². The highest BCUT2D eigenvalue weighted by Gasteiger charge is 2.31. The summed E-state index contributed by atoms with van der Waals surface area (Å²) in [5.41, 5.74) is 2.31. The van der Waals surface area contributed by atoms with Crippen LogP contribution in [0.2, 0.25) is 0 Å². The first kappa shape index (κ1) is 16.4. The first-order chi connectivity index (χ1) is 10.1. The molecule has 0 bridgehead atoms. The molecule has 1 aliphatic rings. The summed E-state index contributed by atoms with van der Waals surface area (Å²) < 4.78 is 19.1. The second-order valence-corrected chi connectivity index (χ2v) is 6.18. The van der Waals surface area contributed by atoms with E-state index in [9.17, 15) is 4.39 Å². The maximum atomic E-state index is 13.4. The average Bonchev–Trinajstić information content (AvgIpc) is 2.41. The monoisotopic (exact) mass is 293 g/mol. The molecule has 1 fully saturated rings. The van der Waals surface area contributed by atoms with E-state index in [0.717, 1.165) is 37.5 Å². The molecular weight excluding hydrogens is 265 g/mol. The van der Waals surface area contributed by atoms with Gasteiger partial charge in [-0.15, -0.1) is 0 Å². The molecule has 1 aliphatic carbocycles. The summed E-state index contributed by atoms with van der Waals surface area (Å²) in [5.74, 6) is 0.616. The summed E-state index contributed by atoms with van der Waals surface area (Å²) in [6.45, 7) is 8.03. The molecule has 21 heavy (non-hydrogen) atoms. The number of nitrogens with one attached hydrogen (secondary N) is 1. The van der Waals surface area contributed by atoms with Crippen LogP contribution in [0.3, 0.4) is 0 Å². The molecule has 2 nitrogen and oxygen atoms in total. The summed E-state index contributed by atoms with van der Waals surface area (Å²) in [5, 5.41) is 3.56. The molecule has 1 aromatic carbocycles. The standard InChI is InChI=1S/C18H28FNO/c1-4-20-17(8-14-9-18(10-14)21-5-2)12-15-11-16(19)7-6-13(15)3/h6-7,11,14,17-18,20H,4-5,8-10,12H2,1-3H3. The van der Waals surface area contributed by atoms with Gasteiger partial charge in [-0.2, -0.15) is 0 Å². The molecule has 1 unspecified atom stereocenters. The van der Waals surface area contributed by atoms with Gasteiger partial charge >= 0.3 is 0 Å².